The van der Waals surface area contributed by atoms with Crippen molar-refractivity contribution in [3.05, 3.63) is 68.1 Å². The van der Waals surface area contributed by atoms with Gasteiger partial charge >= 0.3 is 5.76 Å². The van der Waals surface area contributed by atoms with Gasteiger partial charge in [0.15, 0.2) is 11.4 Å². The van der Waals surface area contributed by atoms with Crippen molar-refractivity contribution < 1.29 is 14.0 Å². The number of rotatable bonds is 6. The summed E-state index contributed by atoms with van der Waals surface area (Å²) in [4.78, 5) is 43.7. The molecule has 1 aromatic heterocycles. The number of nitrogens with one attached hydrogen (secondary N) is 2. The van der Waals surface area contributed by atoms with E-state index in [0.29, 0.717) is 58.5 Å². The molecule has 184 valence electrons. The third-order valence-corrected chi connectivity index (χ3v) is 8.42. The summed E-state index contributed by atoms with van der Waals surface area (Å²) in [5.41, 5.74) is 2.49. The molecule has 0 spiro atoms. The SMILES string of the molecule is O=C(CCN1CCN(C(=O)C2CSC(c3ccc(Cl)c(Cl)c3)N2)CC1)c1ccc2[nH]c(=O)oc2c1. The van der Waals surface area contributed by atoms with Crippen LogP contribution in [0.5, 0.6) is 0 Å². The number of fused-ring (bicyclic) bond motifs is 1. The standard InChI is InChI=1S/C24H24Cl2N4O4S/c25-16-3-1-15(11-17(16)26)22-27-19(13-35-22)23(32)30-9-7-29(8-10-30)6-5-20(31)14-2-4-18-21(12-14)34-24(33)28-18/h1-4,11-12,19,22,27H,5-10,13H2,(H,28,33). The van der Waals surface area contributed by atoms with Gasteiger partial charge in [-0.3, -0.25) is 24.8 Å². The average molecular weight is 535 g/mol. The number of aromatic nitrogens is 1. The third-order valence-electron chi connectivity index (χ3n) is 6.41. The molecular weight excluding hydrogens is 511 g/mol. The number of aromatic amines is 1. The van der Waals surface area contributed by atoms with Gasteiger partial charge in [0.05, 0.1) is 27.0 Å². The van der Waals surface area contributed by atoms with Gasteiger partial charge in [0.25, 0.3) is 0 Å². The summed E-state index contributed by atoms with van der Waals surface area (Å²) in [5.74, 6) is 0.268. The molecule has 3 aromatic rings. The number of Topliss-reactive ketones (excluding diaryl/α,β-unsaturated/α-hetero) is 1. The zero-order chi connectivity index (χ0) is 24.5. The average Bonchev–Trinajstić information content (AvgIpc) is 3.50. The highest BCUT2D eigenvalue weighted by Gasteiger charge is 2.34. The Balaban J connectivity index is 1.09. The number of benzene rings is 2. The predicted octanol–water partition coefficient (Wildman–Crippen LogP) is 3.55. The molecule has 8 nitrogen and oxygen atoms in total. The molecule has 0 aliphatic carbocycles. The Morgan fingerprint density at radius 1 is 1.06 bits per heavy atom. The second-order valence-electron chi connectivity index (χ2n) is 8.67. The molecule has 5 rings (SSSR count). The lowest BCUT2D eigenvalue weighted by Crippen LogP contribution is -2.53. The number of carbonyl (C=O) groups excluding carboxylic acids is 2. The molecular formula is C24H24Cl2N4O4S. The number of ketones is 1. The van der Waals surface area contributed by atoms with Crippen LogP contribution < -0.4 is 11.1 Å². The van der Waals surface area contributed by atoms with E-state index in [2.05, 4.69) is 15.2 Å². The summed E-state index contributed by atoms with van der Waals surface area (Å²) in [6.45, 7) is 3.33. The van der Waals surface area contributed by atoms with E-state index in [9.17, 15) is 14.4 Å². The van der Waals surface area contributed by atoms with E-state index in [-0.39, 0.29) is 23.1 Å². The van der Waals surface area contributed by atoms with Crippen LogP contribution in [-0.2, 0) is 4.79 Å². The number of amides is 1. The van der Waals surface area contributed by atoms with Crippen LogP contribution in [0.3, 0.4) is 0 Å². The number of nitrogens with zero attached hydrogens (tertiary/aromatic N) is 2. The number of piperazine rings is 1. The summed E-state index contributed by atoms with van der Waals surface area (Å²) in [6, 6.07) is 10.3. The number of oxazole rings is 1. The minimum absolute atomic E-state index is 0.00420. The zero-order valence-corrected chi connectivity index (χ0v) is 21.1. The van der Waals surface area contributed by atoms with Crippen molar-refractivity contribution in [1.82, 2.24) is 20.1 Å². The smallest absolute Gasteiger partial charge is 0.408 e. The summed E-state index contributed by atoms with van der Waals surface area (Å²) < 4.78 is 5.04. The first kappa shape index (κ1) is 24.4. The van der Waals surface area contributed by atoms with Crippen LogP contribution in [0, 0.1) is 0 Å². The minimum atomic E-state index is -0.534. The number of carbonyl (C=O) groups is 2. The zero-order valence-electron chi connectivity index (χ0n) is 18.8. The second kappa shape index (κ2) is 10.4. The van der Waals surface area contributed by atoms with Crippen molar-refractivity contribution in [3.63, 3.8) is 0 Å². The topological polar surface area (TPSA) is 98.6 Å². The summed E-state index contributed by atoms with van der Waals surface area (Å²) in [7, 11) is 0. The molecule has 35 heavy (non-hydrogen) atoms. The molecule has 2 atom stereocenters. The molecule has 0 bridgehead atoms. The maximum absolute atomic E-state index is 13.1. The van der Waals surface area contributed by atoms with E-state index in [0.717, 1.165) is 18.7 Å². The van der Waals surface area contributed by atoms with Gasteiger partial charge in [0, 0.05) is 50.5 Å². The Bertz CT molecular complexity index is 1320. The van der Waals surface area contributed by atoms with E-state index in [1.165, 1.54) is 0 Å². The van der Waals surface area contributed by atoms with Gasteiger partial charge in [-0.2, -0.15) is 0 Å². The quantitative estimate of drug-likeness (QED) is 0.466. The van der Waals surface area contributed by atoms with Crippen molar-refractivity contribution in [2.45, 2.75) is 17.8 Å². The third kappa shape index (κ3) is 5.44. The lowest BCUT2D eigenvalue weighted by molar-refractivity contribution is -0.134. The summed E-state index contributed by atoms with van der Waals surface area (Å²) in [6.07, 6.45) is 0.361. The van der Waals surface area contributed by atoms with Crippen LogP contribution in [0.15, 0.2) is 45.6 Å². The first-order valence-corrected chi connectivity index (χ1v) is 13.2. The number of thioether (sulfide) groups is 1. The number of H-pyrrole nitrogens is 1. The molecule has 2 unspecified atom stereocenters. The molecule has 2 fully saturated rings. The van der Waals surface area contributed by atoms with E-state index in [4.69, 9.17) is 27.6 Å². The van der Waals surface area contributed by atoms with Crippen molar-refractivity contribution in [1.29, 1.82) is 0 Å². The predicted molar refractivity (Wildman–Crippen MR) is 137 cm³/mol. The molecule has 0 saturated carbocycles. The van der Waals surface area contributed by atoms with E-state index in [1.807, 2.05) is 17.0 Å². The van der Waals surface area contributed by atoms with Crippen molar-refractivity contribution in [3.8, 4) is 0 Å². The van der Waals surface area contributed by atoms with Gasteiger partial charge in [-0.05, 0) is 35.9 Å². The maximum atomic E-state index is 13.1. The Kier molecular flexibility index (Phi) is 7.22. The van der Waals surface area contributed by atoms with Crippen LogP contribution in [0.4, 0.5) is 0 Å². The molecule has 0 radical (unpaired) electrons. The highest BCUT2D eigenvalue weighted by molar-refractivity contribution is 7.99. The lowest BCUT2D eigenvalue weighted by atomic mass is 10.1. The second-order valence-corrected chi connectivity index (χ2v) is 10.6. The number of halogens is 2. The highest BCUT2D eigenvalue weighted by atomic mass is 35.5. The van der Waals surface area contributed by atoms with Crippen LogP contribution in [0.1, 0.15) is 27.7 Å². The highest BCUT2D eigenvalue weighted by Crippen LogP contribution is 2.36. The van der Waals surface area contributed by atoms with Gasteiger partial charge in [-0.25, -0.2) is 4.79 Å². The monoisotopic (exact) mass is 534 g/mol. The molecule has 3 heterocycles. The Morgan fingerprint density at radius 3 is 2.63 bits per heavy atom. The van der Waals surface area contributed by atoms with Crippen molar-refractivity contribution in [2.24, 2.45) is 0 Å². The largest absolute Gasteiger partial charge is 0.417 e. The van der Waals surface area contributed by atoms with Crippen molar-refractivity contribution in [2.75, 3.05) is 38.5 Å². The molecule has 2 N–H and O–H groups in total. The minimum Gasteiger partial charge on any atom is -0.408 e. The molecule has 11 heteroatoms. The van der Waals surface area contributed by atoms with Gasteiger partial charge in [0.1, 0.15) is 0 Å². The molecule has 2 aliphatic heterocycles. The van der Waals surface area contributed by atoms with E-state index >= 15 is 0 Å². The van der Waals surface area contributed by atoms with E-state index < -0.39 is 5.76 Å². The maximum Gasteiger partial charge on any atom is 0.417 e. The van der Waals surface area contributed by atoms with Crippen LogP contribution in [-0.4, -0.2) is 71.0 Å². The first-order chi connectivity index (χ1) is 16.9. The van der Waals surface area contributed by atoms with Gasteiger partial charge in [-0.1, -0.05) is 29.3 Å². The molecule has 2 aliphatic rings. The Morgan fingerprint density at radius 2 is 1.86 bits per heavy atom. The van der Waals surface area contributed by atoms with Crippen LogP contribution in [0.25, 0.3) is 11.1 Å². The normalized spacial score (nSPS) is 21.0. The number of hydrogen-bond donors (Lipinski definition) is 2. The Labute approximate surface area is 215 Å². The van der Waals surface area contributed by atoms with Gasteiger partial charge < -0.3 is 9.32 Å². The van der Waals surface area contributed by atoms with E-state index in [1.54, 1.807) is 36.0 Å². The molecule has 2 saturated heterocycles. The molecule has 2 aromatic carbocycles. The summed E-state index contributed by atoms with van der Waals surface area (Å²) >= 11 is 13.8. The fourth-order valence-corrected chi connectivity index (χ4v) is 5.95. The lowest BCUT2D eigenvalue weighted by Gasteiger charge is -2.35. The fraction of sp³-hybridized carbons (Fsp3) is 0.375. The summed E-state index contributed by atoms with van der Waals surface area (Å²) in [5, 5.41) is 4.44. The van der Waals surface area contributed by atoms with Crippen molar-refractivity contribution >= 4 is 57.8 Å². The number of hydrogen-bond acceptors (Lipinski definition) is 7. The van der Waals surface area contributed by atoms with Crippen LogP contribution in [0.2, 0.25) is 10.0 Å². The fourth-order valence-electron chi connectivity index (χ4n) is 4.42. The Hall–Kier alpha value is -2.30. The van der Waals surface area contributed by atoms with Gasteiger partial charge in [0.2, 0.25) is 5.91 Å². The van der Waals surface area contributed by atoms with Crippen LogP contribution >= 0.6 is 35.0 Å². The van der Waals surface area contributed by atoms with Gasteiger partial charge in [-0.15, -0.1) is 11.8 Å². The first-order valence-electron chi connectivity index (χ1n) is 11.4. The molecule has 1 amide bonds.